The lowest BCUT2D eigenvalue weighted by Gasteiger charge is -2.12. The summed E-state index contributed by atoms with van der Waals surface area (Å²) >= 11 is 2.92. The lowest BCUT2D eigenvalue weighted by atomic mass is 10.2. The van der Waals surface area contributed by atoms with Gasteiger partial charge in [0, 0.05) is 15.8 Å². The largest absolute Gasteiger partial charge is 0.448 e. The number of thiazole rings is 1. The second-order valence-corrected chi connectivity index (χ2v) is 7.14. The molecule has 0 aliphatic carbocycles. The van der Waals surface area contributed by atoms with E-state index in [2.05, 4.69) is 10.3 Å². The number of thiophene rings is 1. The van der Waals surface area contributed by atoms with Crippen molar-refractivity contribution in [3.8, 4) is 10.6 Å². The minimum atomic E-state index is -0.880. The van der Waals surface area contributed by atoms with E-state index in [4.69, 9.17) is 4.74 Å². The number of benzene rings is 1. The zero-order valence-electron chi connectivity index (χ0n) is 13.5. The number of rotatable bonds is 6. The minimum Gasteiger partial charge on any atom is -0.448 e. The number of amides is 1. The van der Waals surface area contributed by atoms with Gasteiger partial charge in [-0.05, 0) is 18.4 Å². The standard InChI is InChI=1S/C18H16N2O3S2/c1-12(16(21)19-10-14-8-5-9-24-14)23-18(22)15-11-25-17(20-15)13-6-3-2-4-7-13/h2-9,11-12H,10H2,1H3,(H,19,21)/t12-/m1/s1. The molecule has 25 heavy (non-hydrogen) atoms. The molecule has 0 saturated carbocycles. The summed E-state index contributed by atoms with van der Waals surface area (Å²) in [6, 6.07) is 13.4. The van der Waals surface area contributed by atoms with Gasteiger partial charge in [0.05, 0.1) is 6.54 Å². The summed E-state index contributed by atoms with van der Waals surface area (Å²) < 4.78 is 5.21. The van der Waals surface area contributed by atoms with Gasteiger partial charge in [0.15, 0.2) is 11.8 Å². The van der Waals surface area contributed by atoms with Crippen LogP contribution in [0, 0.1) is 0 Å². The maximum Gasteiger partial charge on any atom is 0.358 e. The molecule has 3 rings (SSSR count). The Morgan fingerprint density at radius 1 is 1.16 bits per heavy atom. The first-order valence-electron chi connectivity index (χ1n) is 7.65. The molecule has 1 atom stereocenters. The minimum absolute atomic E-state index is 0.210. The normalized spacial score (nSPS) is 11.7. The van der Waals surface area contributed by atoms with E-state index in [0.29, 0.717) is 6.54 Å². The fourth-order valence-electron chi connectivity index (χ4n) is 2.09. The molecule has 0 unspecified atom stereocenters. The van der Waals surface area contributed by atoms with Crippen LogP contribution in [-0.4, -0.2) is 23.0 Å². The molecule has 0 spiro atoms. The predicted octanol–water partition coefficient (Wildman–Crippen LogP) is 3.73. The Balaban J connectivity index is 1.56. The van der Waals surface area contributed by atoms with E-state index in [-0.39, 0.29) is 11.6 Å². The topological polar surface area (TPSA) is 68.3 Å². The predicted molar refractivity (Wildman–Crippen MR) is 98.6 cm³/mol. The van der Waals surface area contributed by atoms with Crippen LogP contribution in [0.15, 0.2) is 53.2 Å². The quantitative estimate of drug-likeness (QED) is 0.670. The molecule has 0 aliphatic rings. The molecule has 0 bridgehead atoms. The van der Waals surface area contributed by atoms with E-state index in [1.54, 1.807) is 23.6 Å². The number of esters is 1. The number of ether oxygens (including phenoxy) is 1. The molecule has 1 amide bonds. The second kappa shape index (κ2) is 8.04. The number of hydrogen-bond acceptors (Lipinski definition) is 6. The third-order valence-electron chi connectivity index (χ3n) is 3.40. The highest BCUT2D eigenvalue weighted by atomic mass is 32.1. The van der Waals surface area contributed by atoms with Crippen molar-refractivity contribution in [2.24, 2.45) is 0 Å². The van der Waals surface area contributed by atoms with Crippen LogP contribution in [0.4, 0.5) is 0 Å². The first-order chi connectivity index (χ1) is 12.1. The summed E-state index contributed by atoms with van der Waals surface area (Å²) in [7, 11) is 0. The van der Waals surface area contributed by atoms with Gasteiger partial charge in [0.2, 0.25) is 0 Å². The first kappa shape index (κ1) is 17.3. The van der Waals surface area contributed by atoms with Crippen LogP contribution in [0.5, 0.6) is 0 Å². The molecule has 2 heterocycles. The van der Waals surface area contributed by atoms with Crippen molar-refractivity contribution >= 4 is 34.6 Å². The summed E-state index contributed by atoms with van der Waals surface area (Å²) in [5, 5.41) is 7.07. The molecule has 5 nitrogen and oxygen atoms in total. The molecule has 7 heteroatoms. The van der Waals surface area contributed by atoms with Gasteiger partial charge in [-0.2, -0.15) is 0 Å². The fraction of sp³-hybridized carbons (Fsp3) is 0.167. The average molecular weight is 372 g/mol. The summed E-state index contributed by atoms with van der Waals surface area (Å²) in [5.41, 5.74) is 1.15. The van der Waals surface area contributed by atoms with Crippen LogP contribution in [0.25, 0.3) is 10.6 Å². The van der Waals surface area contributed by atoms with Crippen molar-refractivity contribution in [1.82, 2.24) is 10.3 Å². The zero-order chi connectivity index (χ0) is 17.6. The van der Waals surface area contributed by atoms with Crippen LogP contribution < -0.4 is 5.32 Å². The third kappa shape index (κ3) is 4.52. The number of carbonyl (C=O) groups is 2. The van der Waals surface area contributed by atoms with Crippen LogP contribution in [0.1, 0.15) is 22.3 Å². The number of nitrogens with one attached hydrogen (secondary N) is 1. The molecule has 0 saturated heterocycles. The van der Waals surface area contributed by atoms with E-state index in [0.717, 1.165) is 15.4 Å². The Kier molecular flexibility index (Phi) is 5.57. The van der Waals surface area contributed by atoms with Gasteiger partial charge in [-0.3, -0.25) is 4.79 Å². The lowest BCUT2D eigenvalue weighted by molar-refractivity contribution is -0.129. The summed E-state index contributed by atoms with van der Waals surface area (Å²) in [4.78, 5) is 29.5. The monoisotopic (exact) mass is 372 g/mol. The Bertz CT molecular complexity index is 844. The van der Waals surface area contributed by atoms with Gasteiger partial charge in [-0.15, -0.1) is 22.7 Å². The molecule has 1 N–H and O–H groups in total. The van der Waals surface area contributed by atoms with Crippen LogP contribution in [0.3, 0.4) is 0 Å². The van der Waals surface area contributed by atoms with E-state index < -0.39 is 12.1 Å². The summed E-state index contributed by atoms with van der Waals surface area (Å²) in [6.07, 6.45) is -0.880. The van der Waals surface area contributed by atoms with Crippen LogP contribution in [0.2, 0.25) is 0 Å². The Morgan fingerprint density at radius 3 is 2.68 bits per heavy atom. The maximum absolute atomic E-state index is 12.2. The summed E-state index contributed by atoms with van der Waals surface area (Å²) in [6.45, 7) is 1.97. The van der Waals surface area contributed by atoms with Gasteiger partial charge in [-0.1, -0.05) is 36.4 Å². The van der Waals surface area contributed by atoms with E-state index in [1.165, 1.54) is 11.3 Å². The van der Waals surface area contributed by atoms with E-state index >= 15 is 0 Å². The van der Waals surface area contributed by atoms with E-state index in [1.807, 2.05) is 47.8 Å². The number of hydrogen-bond donors (Lipinski definition) is 1. The maximum atomic E-state index is 12.2. The van der Waals surface area contributed by atoms with Gasteiger partial charge >= 0.3 is 5.97 Å². The van der Waals surface area contributed by atoms with Gasteiger partial charge in [0.25, 0.3) is 5.91 Å². The highest BCUT2D eigenvalue weighted by Gasteiger charge is 2.21. The highest BCUT2D eigenvalue weighted by Crippen LogP contribution is 2.23. The zero-order valence-corrected chi connectivity index (χ0v) is 15.1. The molecule has 0 fully saturated rings. The molecule has 0 radical (unpaired) electrons. The van der Waals surface area contributed by atoms with Crippen molar-refractivity contribution in [2.75, 3.05) is 0 Å². The molecule has 128 valence electrons. The molecular formula is C18H16N2O3S2. The Morgan fingerprint density at radius 2 is 1.96 bits per heavy atom. The molecule has 2 aromatic heterocycles. The second-order valence-electron chi connectivity index (χ2n) is 5.25. The average Bonchev–Trinajstić information content (AvgIpc) is 3.32. The van der Waals surface area contributed by atoms with Crippen molar-refractivity contribution in [3.05, 3.63) is 63.8 Å². The van der Waals surface area contributed by atoms with Gasteiger partial charge in [0.1, 0.15) is 5.01 Å². The van der Waals surface area contributed by atoms with Crippen molar-refractivity contribution in [3.63, 3.8) is 0 Å². The highest BCUT2D eigenvalue weighted by molar-refractivity contribution is 7.13. The Hall–Kier alpha value is -2.51. The smallest absolute Gasteiger partial charge is 0.358 e. The first-order valence-corrected chi connectivity index (χ1v) is 9.41. The van der Waals surface area contributed by atoms with Gasteiger partial charge in [-0.25, -0.2) is 9.78 Å². The molecule has 0 aliphatic heterocycles. The summed E-state index contributed by atoms with van der Waals surface area (Å²) in [5.74, 6) is -0.933. The van der Waals surface area contributed by atoms with Gasteiger partial charge < -0.3 is 10.1 Å². The van der Waals surface area contributed by atoms with Crippen LogP contribution in [-0.2, 0) is 16.1 Å². The number of carbonyl (C=O) groups excluding carboxylic acids is 2. The molecule has 1 aromatic carbocycles. The van der Waals surface area contributed by atoms with Crippen LogP contribution >= 0.6 is 22.7 Å². The SMILES string of the molecule is C[C@@H](OC(=O)c1csc(-c2ccccc2)n1)C(=O)NCc1cccs1. The van der Waals surface area contributed by atoms with Crippen molar-refractivity contribution in [2.45, 2.75) is 19.6 Å². The lowest BCUT2D eigenvalue weighted by Crippen LogP contribution is -2.35. The van der Waals surface area contributed by atoms with E-state index in [9.17, 15) is 9.59 Å². The molecular weight excluding hydrogens is 356 g/mol. The third-order valence-corrected chi connectivity index (χ3v) is 5.17. The molecule has 3 aromatic rings. The van der Waals surface area contributed by atoms with Crippen molar-refractivity contribution in [1.29, 1.82) is 0 Å². The number of nitrogens with zero attached hydrogens (tertiary/aromatic N) is 1. The Labute approximate surface area is 153 Å². The number of aromatic nitrogens is 1. The fourth-order valence-corrected chi connectivity index (χ4v) is 3.53. The van der Waals surface area contributed by atoms with Crippen molar-refractivity contribution < 1.29 is 14.3 Å².